The third-order valence-corrected chi connectivity index (χ3v) is 1.55. The molecule has 13 heavy (non-hydrogen) atoms. The Bertz CT molecular complexity index is 366. The first-order valence-electron chi connectivity index (χ1n) is 3.58. The maximum atomic E-state index is 8.56. The van der Waals surface area contributed by atoms with Crippen molar-refractivity contribution < 1.29 is 9.94 Å². The smallest absolute Gasteiger partial charge is 0.186 e. The molecule has 66 valence electrons. The summed E-state index contributed by atoms with van der Waals surface area (Å²) in [6.07, 6.45) is 0. The Balaban J connectivity index is 3.10. The number of hydrogen-bond acceptors (Lipinski definition) is 4. The molecule has 0 saturated heterocycles. The molecule has 1 rings (SSSR count). The summed E-state index contributed by atoms with van der Waals surface area (Å²) in [5.74, 6) is 0.619. The molecule has 0 fully saturated rings. The minimum atomic E-state index is -0.0288. The first-order valence-corrected chi connectivity index (χ1v) is 3.58. The van der Waals surface area contributed by atoms with Gasteiger partial charge in [-0.25, -0.2) is 0 Å². The molecular formula is C9H8N2O2. The Morgan fingerprint density at radius 2 is 2.38 bits per heavy atom. The molecule has 0 amide bonds. The van der Waals surface area contributed by atoms with Gasteiger partial charge in [0.05, 0.1) is 7.11 Å². The number of rotatable bonds is 2. The van der Waals surface area contributed by atoms with Gasteiger partial charge in [-0.15, -0.1) is 0 Å². The predicted molar refractivity (Wildman–Crippen MR) is 46.9 cm³/mol. The Morgan fingerprint density at radius 3 is 2.92 bits per heavy atom. The zero-order valence-corrected chi connectivity index (χ0v) is 7.06. The van der Waals surface area contributed by atoms with Gasteiger partial charge in [0.2, 0.25) is 0 Å². The normalized spacial score (nSPS) is 10.6. The first kappa shape index (κ1) is 9.07. The monoisotopic (exact) mass is 176 g/mol. The minimum Gasteiger partial charge on any atom is -0.497 e. The zero-order valence-electron chi connectivity index (χ0n) is 7.06. The molecule has 1 N–H and O–H groups in total. The number of nitrogens with zero attached hydrogens (tertiary/aromatic N) is 2. The predicted octanol–water partition coefficient (Wildman–Crippen LogP) is 1.40. The van der Waals surface area contributed by atoms with Crippen LogP contribution in [-0.2, 0) is 0 Å². The quantitative estimate of drug-likeness (QED) is 0.420. The molecule has 0 saturated carbocycles. The second kappa shape index (κ2) is 4.12. The van der Waals surface area contributed by atoms with Crippen LogP contribution in [0.4, 0.5) is 0 Å². The van der Waals surface area contributed by atoms with Crippen molar-refractivity contribution in [3.05, 3.63) is 29.8 Å². The fraction of sp³-hybridized carbons (Fsp3) is 0.111. The van der Waals surface area contributed by atoms with Gasteiger partial charge in [-0.05, 0) is 12.1 Å². The molecule has 0 spiro atoms. The standard InChI is InChI=1S/C9H8N2O2/c1-13-8-4-2-3-7(5-8)9(6-10)11-12/h2-5,12H,1H3/b11-9-. The maximum Gasteiger partial charge on any atom is 0.186 e. The summed E-state index contributed by atoms with van der Waals surface area (Å²) < 4.78 is 4.95. The number of methoxy groups -OCH3 is 1. The second-order valence-electron chi connectivity index (χ2n) is 2.29. The zero-order chi connectivity index (χ0) is 9.68. The van der Waals surface area contributed by atoms with Gasteiger partial charge in [0, 0.05) is 5.56 Å². The summed E-state index contributed by atoms with van der Waals surface area (Å²) in [6, 6.07) is 8.52. The van der Waals surface area contributed by atoms with Gasteiger partial charge in [0.1, 0.15) is 11.8 Å². The van der Waals surface area contributed by atoms with E-state index in [0.717, 1.165) is 0 Å². The second-order valence-corrected chi connectivity index (χ2v) is 2.29. The highest BCUT2D eigenvalue weighted by Crippen LogP contribution is 2.12. The Morgan fingerprint density at radius 1 is 1.62 bits per heavy atom. The summed E-state index contributed by atoms with van der Waals surface area (Å²) in [7, 11) is 1.53. The van der Waals surface area contributed by atoms with Crippen LogP contribution < -0.4 is 4.74 Å². The van der Waals surface area contributed by atoms with Gasteiger partial charge < -0.3 is 9.94 Å². The molecule has 0 aliphatic carbocycles. The molecule has 4 nitrogen and oxygen atoms in total. The van der Waals surface area contributed by atoms with Crippen molar-refractivity contribution in [1.29, 1.82) is 5.26 Å². The highest BCUT2D eigenvalue weighted by Gasteiger charge is 2.03. The Kier molecular flexibility index (Phi) is 2.87. The van der Waals surface area contributed by atoms with Gasteiger partial charge in [-0.1, -0.05) is 17.3 Å². The summed E-state index contributed by atoms with van der Waals surface area (Å²) in [4.78, 5) is 0. The lowest BCUT2D eigenvalue weighted by molar-refractivity contribution is 0.320. The van der Waals surface area contributed by atoms with Crippen LogP contribution in [0.2, 0.25) is 0 Å². The van der Waals surface area contributed by atoms with E-state index in [2.05, 4.69) is 5.16 Å². The molecule has 0 unspecified atom stereocenters. The molecule has 0 bridgehead atoms. The first-order chi connectivity index (χ1) is 6.31. The highest BCUT2D eigenvalue weighted by atomic mass is 16.5. The maximum absolute atomic E-state index is 8.56. The van der Waals surface area contributed by atoms with Crippen LogP contribution in [0.5, 0.6) is 5.75 Å². The van der Waals surface area contributed by atoms with Crippen molar-refractivity contribution in [3.8, 4) is 11.8 Å². The van der Waals surface area contributed by atoms with E-state index < -0.39 is 0 Å². The number of hydrogen-bond donors (Lipinski definition) is 1. The van der Waals surface area contributed by atoms with Gasteiger partial charge in [-0.2, -0.15) is 5.26 Å². The average Bonchev–Trinajstić information content (AvgIpc) is 2.20. The molecular weight excluding hydrogens is 168 g/mol. The largest absolute Gasteiger partial charge is 0.497 e. The molecule has 0 atom stereocenters. The van der Waals surface area contributed by atoms with Gasteiger partial charge in [-0.3, -0.25) is 0 Å². The molecule has 0 radical (unpaired) electrons. The van der Waals surface area contributed by atoms with Crippen LogP contribution in [0.25, 0.3) is 0 Å². The summed E-state index contributed by atoms with van der Waals surface area (Å²) in [6.45, 7) is 0. The van der Waals surface area contributed by atoms with Crippen LogP contribution in [0.1, 0.15) is 5.56 Å². The number of nitriles is 1. The van der Waals surface area contributed by atoms with Gasteiger partial charge in [0.25, 0.3) is 0 Å². The van der Waals surface area contributed by atoms with Crippen LogP contribution in [-0.4, -0.2) is 18.0 Å². The van der Waals surface area contributed by atoms with Gasteiger partial charge >= 0.3 is 0 Å². The van der Waals surface area contributed by atoms with E-state index in [-0.39, 0.29) is 5.71 Å². The van der Waals surface area contributed by atoms with E-state index in [0.29, 0.717) is 11.3 Å². The molecule has 0 aliphatic rings. The molecule has 1 aromatic carbocycles. The third kappa shape index (κ3) is 1.97. The molecule has 0 aliphatic heterocycles. The van der Waals surface area contributed by atoms with E-state index in [1.165, 1.54) is 7.11 Å². The van der Waals surface area contributed by atoms with Crippen molar-refractivity contribution >= 4 is 5.71 Å². The van der Waals surface area contributed by atoms with Crippen molar-refractivity contribution in [2.75, 3.05) is 7.11 Å². The average molecular weight is 176 g/mol. The molecule has 4 heteroatoms. The van der Waals surface area contributed by atoms with E-state index in [1.807, 2.05) is 0 Å². The van der Waals surface area contributed by atoms with Crippen LogP contribution >= 0.6 is 0 Å². The lowest BCUT2D eigenvalue weighted by atomic mass is 10.1. The van der Waals surface area contributed by atoms with E-state index >= 15 is 0 Å². The number of benzene rings is 1. The van der Waals surface area contributed by atoms with Crippen LogP contribution in [0.3, 0.4) is 0 Å². The van der Waals surface area contributed by atoms with E-state index in [4.69, 9.17) is 15.2 Å². The van der Waals surface area contributed by atoms with E-state index in [9.17, 15) is 0 Å². The summed E-state index contributed by atoms with van der Waals surface area (Å²) >= 11 is 0. The molecule has 1 aromatic rings. The topological polar surface area (TPSA) is 65.6 Å². The summed E-state index contributed by atoms with van der Waals surface area (Å²) in [5.41, 5.74) is 0.503. The number of ether oxygens (including phenoxy) is 1. The summed E-state index contributed by atoms with van der Waals surface area (Å²) in [5, 5.41) is 19.9. The molecule has 0 heterocycles. The minimum absolute atomic E-state index is 0.0288. The van der Waals surface area contributed by atoms with Crippen molar-refractivity contribution in [3.63, 3.8) is 0 Å². The lowest BCUT2D eigenvalue weighted by Gasteiger charge is -2.00. The van der Waals surface area contributed by atoms with Gasteiger partial charge in [0.15, 0.2) is 5.71 Å². The van der Waals surface area contributed by atoms with Crippen LogP contribution in [0.15, 0.2) is 29.4 Å². The van der Waals surface area contributed by atoms with E-state index in [1.54, 1.807) is 30.3 Å². The van der Waals surface area contributed by atoms with Crippen molar-refractivity contribution in [2.24, 2.45) is 5.16 Å². The lowest BCUT2D eigenvalue weighted by Crippen LogP contribution is -1.97. The third-order valence-electron chi connectivity index (χ3n) is 1.55. The highest BCUT2D eigenvalue weighted by molar-refractivity contribution is 6.11. The van der Waals surface area contributed by atoms with Crippen molar-refractivity contribution in [2.45, 2.75) is 0 Å². The molecule has 0 aromatic heterocycles. The fourth-order valence-electron chi connectivity index (χ4n) is 0.915. The van der Waals surface area contributed by atoms with Crippen LogP contribution in [0, 0.1) is 11.3 Å². The Labute approximate surface area is 75.7 Å². The SMILES string of the molecule is COc1cccc(/C(C#N)=N\O)c1. The number of oxime groups is 1. The Hall–Kier alpha value is -2.02. The fourth-order valence-corrected chi connectivity index (χ4v) is 0.915. The van der Waals surface area contributed by atoms with Crippen molar-refractivity contribution in [1.82, 2.24) is 0 Å².